The summed E-state index contributed by atoms with van der Waals surface area (Å²) >= 11 is 0. The molecule has 1 saturated heterocycles. The number of aromatic nitrogens is 2. The maximum absolute atomic E-state index is 15.1. The first kappa shape index (κ1) is 24.5. The molecule has 0 radical (unpaired) electrons. The Kier molecular flexibility index (Phi) is 5.50. The van der Waals surface area contributed by atoms with Crippen molar-refractivity contribution in [3.8, 4) is 0 Å². The number of nitrogens with one attached hydrogen (secondary N) is 1. The van der Waals surface area contributed by atoms with E-state index in [1.807, 2.05) is 0 Å². The molecule has 0 spiro atoms. The van der Waals surface area contributed by atoms with Gasteiger partial charge in [0.1, 0.15) is 5.60 Å². The van der Waals surface area contributed by atoms with Crippen LogP contribution in [0.3, 0.4) is 0 Å². The highest BCUT2D eigenvalue weighted by Crippen LogP contribution is 2.74. The molecule has 1 aromatic rings. The first-order valence-electron chi connectivity index (χ1n) is 7.71. The van der Waals surface area contributed by atoms with Crippen molar-refractivity contribution in [2.24, 2.45) is 0 Å². The quantitative estimate of drug-likeness (QED) is 0.193. The van der Waals surface area contributed by atoms with Gasteiger partial charge in [-0.2, -0.15) is 8.62 Å². The molecule has 2 fully saturated rings. The Morgan fingerprint density at radius 2 is 1.71 bits per heavy atom. The molecule has 1 aliphatic carbocycles. The molecular weight excluding hydrogens is 500 g/mol. The lowest BCUT2D eigenvalue weighted by molar-refractivity contribution is -0.181. The van der Waals surface area contributed by atoms with Gasteiger partial charge in [0.25, 0.3) is 11.4 Å². The fraction of sp³-hybridized carbons (Fsp3) is 0.600. The van der Waals surface area contributed by atoms with Crippen molar-refractivity contribution in [1.82, 2.24) is 9.55 Å². The average molecular weight is 514 g/mol. The molecule has 1 saturated carbocycles. The predicted molar refractivity (Wildman–Crippen MR) is 89.6 cm³/mol. The van der Waals surface area contributed by atoms with Gasteiger partial charge in [-0.25, -0.2) is 22.9 Å². The molecule has 7 N–H and O–H groups in total. The third kappa shape index (κ3) is 4.05. The highest BCUT2D eigenvalue weighted by molar-refractivity contribution is 7.66. The summed E-state index contributed by atoms with van der Waals surface area (Å²) in [5.41, 5.74) is -7.93. The standard InChI is InChI=1S/C10H14FN2O15P3/c1-8(16)6(13-3-2-4(14)12-7(13)15)25-10(11)5(9(8,10)17)26-30(21,22)28-31(23,24)27-29(18,19)20/h2-3,5-6,16-17H,1H3,(H,21,22)(H,23,24)(H,12,14,15)(H2,18,19,20)/t5?,6-,8+,9+,10-/m1/s1. The molecular formula is C10H14FN2O15P3. The van der Waals surface area contributed by atoms with Crippen molar-refractivity contribution in [2.75, 3.05) is 0 Å². The second-order valence-corrected chi connectivity index (χ2v) is 11.0. The first-order chi connectivity index (χ1) is 13.8. The lowest BCUT2D eigenvalue weighted by Gasteiger charge is -2.32. The molecule has 3 rings (SSSR count). The van der Waals surface area contributed by atoms with Crippen molar-refractivity contribution >= 4 is 23.5 Å². The van der Waals surface area contributed by atoms with Gasteiger partial charge in [-0.05, 0) is 6.92 Å². The third-order valence-corrected chi connectivity index (χ3v) is 8.25. The number of halogens is 1. The van der Waals surface area contributed by atoms with E-state index in [1.54, 1.807) is 4.98 Å². The van der Waals surface area contributed by atoms with Crippen molar-refractivity contribution < 1.29 is 65.8 Å². The number of aromatic amines is 1. The Morgan fingerprint density at radius 3 is 2.16 bits per heavy atom. The number of phosphoric acid groups is 3. The fourth-order valence-electron chi connectivity index (χ4n) is 3.11. The summed E-state index contributed by atoms with van der Waals surface area (Å²) in [6, 6.07) is 0.809. The lowest BCUT2D eigenvalue weighted by atomic mass is 9.95. The normalized spacial score (nSPS) is 38.8. The van der Waals surface area contributed by atoms with Crippen molar-refractivity contribution in [1.29, 1.82) is 0 Å². The topological polar surface area (TPSA) is 264 Å². The van der Waals surface area contributed by atoms with Crippen LogP contribution in [0.2, 0.25) is 0 Å². The van der Waals surface area contributed by atoms with E-state index in [0.717, 1.165) is 19.2 Å². The van der Waals surface area contributed by atoms with Crippen LogP contribution in [-0.2, 0) is 31.6 Å². The number of ether oxygens (including phenoxy) is 1. The van der Waals surface area contributed by atoms with Gasteiger partial charge in [-0.1, -0.05) is 0 Å². The summed E-state index contributed by atoms with van der Waals surface area (Å²) in [5.74, 6) is -3.47. The second kappa shape index (κ2) is 6.95. The number of rotatable bonds is 7. The molecule has 0 amide bonds. The summed E-state index contributed by atoms with van der Waals surface area (Å²) in [6.07, 6.45) is -3.72. The van der Waals surface area contributed by atoms with Crippen LogP contribution in [0.25, 0.3) is 0 Å². The van der Waals surface area contributed by atoms with E-state index in [0.29, 0.717) is 4.57 Å². The number of nitrogens with zero attached hydrogens (tertiary/aromatic N) is 1. The third-order valence-electron chi connectivity index (χ3n) is 4.45. The zero-order valence-electron chi connectivity index (χ0n) is 14.8. The molecule has 0 bridgehead atoms. The maximum Gasteiger partial charge on any atom is 0.490 e. The van der Waals surface area contributed by atoms with E-state index in [9.17, 15) is 38.4 Å². The van der Waals surface area contributed by atoms with Crippen molar-refractivity contribution in [2.45, 2.75) is 36.3 Å². The van der Waals surface area contributed by atoms with Crippen LogP contribution in [0.1, 0.15) is 13.2 Å². The van der Waals surface area contributed by atoms with E-state index in [4.69, 9.17) is 19.4 Å². The second-order valence-electron chi connectivity index (χ2n) is 6.62. The molecule has 2 heterocycles. The van der Waals surface area contributed by atoms with Crippen LogP contribution in [0.4, 0.5) is 4.39 Å². The number of aliphatic hydroxyl groups is 2. The van der Waals surface area contributed by atoms with Gasteiger partial charge in [-0.3, -0.25) is 18.9 Å². The smallest absolute Gasteiger partial charge is 0.382 e. The van der Waals surface area contributed by atoms with Gasteiger partial charge in [0.05, 0.1) is 0 Å². The highest BCUT2D eigenvalue weighted by atomic mass is 31.3. The van der Waals surface area contributed by atoms with E-state index in [1.165, 1.54) is 0 Å². The fourth-order valence-corrected chi connectivity index (χ4v) is 6.33. The van der Waals surface area contributed by atoms with Crippen LogP contribution >= 0.6 is 23.5 Å². The minimum atomic E-state index is -5.93. The minimum absolute atomic E-state index is 0.495. The summed E-state index contributed by atoms with van der Waals surface area (Å²) in [6.45, 7) is 0.747. The Balaban J connectivity index is 1.84. The first-order valence-corrected chi connectivity index (χ1v) is 12.2. The van der Waals surface area contributed by atoms with Gasteiger partial charge in [0.2, 0.25) is 0 Å². The SMILES string of the molecule is C[C@]1(O)[C@H](n2ccc(=O)[nH]c2=O)O[C@]2(F)C(OP(=O)(O)OP(=O)(O)OP(=O)(O)O)[C@]12O. The predicted octanol–water partition coefficient (Wildman–Crippen LogP) is -2.06. The summed E-state index contributed by atoms with van der Waals surface area (Å²) in [5, 5.41) is 21.1. The van der Waals surface area contributed by atoms with Crippen molar-refractivity contribution in [3.63, 3.8) is 0 Å². The molecule has 21 heteroatoms. The van der Waals surface area contributed by atoms with Crippen LogP contribution in [-0.4, -0.2) is 62.5 Å². The molecule has 2 aliphatic rings. The molecule has 17 nitrogen and oxygen atoms in total. The summed E-state index contributed by atoms with van der Waals surface area (Å²) in [7, 11) is -17.5. The monoisotopic (exact) mass is 514 g/mol. The number of alkyl halides is 1. The molecule has 0 aromatic carbocycles. The van der Waals surface area contributed by atoms with Crippen LogP contribution in [0.5, 0.6) is 0 Å². The lowest BCUT2D eigenvalue weighted by Crippen LogP contribution is -2.51. The summed E-state index contributed by atoms with van der Waals surface area (Å²) < 4.78 is 65.3. The van der Waals surface area contributed by atoms with E-state index < -0.39 is 64.1 Å². The average Bonchev–Trinajstić information content (AvgIpc) is 2.91. The van der Waals surface area contributed by atoms with Gasteiger partial charge in [-0.15, -0.1) is 0 Å². The van der Waals surface area contributed by atoms with Gasteiger partial charge < -0.3 is 34.5 Å². The van der Waals surface area contributed by atoms with Crippen LogP contribution in [0, 0.1) is 0 Å². The Morgan fingerprint density at radius 1 is 1.13 bits per heavy atom. The number of hydrogen-bond donors (Lipinski definition) is 7. The minimum Gasteiger partial charge on any atom is -0.382 e. The number of H-pyrrole nitrogens is 1. The largest absolute Gasteiger partial charge is 0.490 e. The summed E-state index contributed by atoms with van der Waals surface area (Å²) in [4.78, 5) is 60.3. The van der Waals surface area contributed by atoms with Gasteiger partial charge >= 0.3 is 29.2 Å². The zero-order chi connectivity index (χ0) is 23.8. The maximum atomic E-state index is 15.1. The molecule has 3 unspecified atom stereocenters. The Bertz CT molecular complexity index is 1170. The number of phosphoric ester groups is 1. The number of hydrogen-bond acceptors (Lipinski definition) is 11. The van der Waals surface area contributed by atoms with E-state index in [2.05, 4.69) is 13.1 Å². The Hall–Kier alpha value is -1.10. The van der Waals surface area contributed by atoms with E-state index in [-0.39, 0.29) is 0 Å². The molecule has 7 atom stereocenters. The van der Waals surface area contributed by atoms with Gasteiger partial charge in [0, 0.05) is 12.3 Å². The van der Waals surface area contributed by atoms with Gasteiger partial charge in [0.15, 0.2) is 17.9 Å². The molecule has 1 aliphatic heterocycles. The number of fused-ring (bicyclic) bond motifs is 1. The molecule has 176 valence electrons. The zero-order valence-corrected chi connectivity index (χ0v) is 17.5. The highest BCUT2D eigenvalue weighted by Gasteiger charge is 2.95. The van der Waals surface area contributed by atoms with Crippen molar-refractivity contribution in [3.05, 3.63) is 33.1 Å². The van der Waals surface area contributed by atoms with Crippen LogP contribution in [0.15, 0.2) is 21.9 Å². The van der Waals surface area contributed by atoms with Crippen LogP contribution < -0.4 is 11.2 Å². The van der Waals surface area contributed by atoms with E-state index >= 15 is 4.39 Å². The molecule has 1 aromatic heterocycles. The Labute approximate surface area is 169 Å². The molecule has 31 heavy (non-hydrogen) atoms.